The monoisotopic (exact) mass is 280 g/mol. The van der Waals surface area contributed by atoms with Crippen LogP contribution < -0.4 is 4.74 Å². The van der Waals surface area contributed by atoms with E-state index >= 15 is 0 Å². The summed E-state index contributed by atoms with van der Waals surface area (Å²) in [5, 5.41) is 1.01. The summed E-state index contributed by atoms with van der Waals surface area (Å²) < 4.78 is 7.61. The highest BCUT2D eigenvalue weighted by molar-refractivity contribution is 5.99. The molecule has 4 nitrogen and oxygen atoms in total. The van der Waals surface area contributed by atoms with Gasteiger partial charge in [0.05, 0.1) is 6.61 Å². The van der Waals surface area contributed by atoms with Crippen molar-refractivity contribution in [2.45, 2.75) is 6.42 Å². The van der Waals surface area contributed by atoms with Gasteiger partial charge in [-0.05, 0) is 17.7 Å². The number of rotatable bonds is 5. The summed E-state index contributed by atoms with van der Waals surface area (Å²) in [6, 6.07) is 11.6. The van der Waals surface area contributed by atoms with Gasteiger partial charge in [0.15, 0.2) is 6.29 Å². The number of carbonyl (C=O) groups excluding carboxylic acids is 1. The van der Waals surface area contributed by atoms with Crippen LogP contribution in [0.1, 0.15) is 15.9 Å². The molecule has 0 amide bonds. The zero-order valence-electron chi connectivity index (χ0n) is 11.8. The lowest BCUT2D eigenvalue weighted by Crippen LogP contribution is -2.03. The van der Waals surface area contributed by atoms with Crippen molar-refractivity contribution in [2.75, 3.05) is 6.61 Å². The Labute approximate surface area is 123 Å². The zero-order chi connectivity index (χ0) is 14.7. The fraction of sp³-hybridized carbons (Fsp3) is 0.176. The minimum atomic E-state index is 0.531. The number of carbonyl (C=O) groups is 1. The highest BCUT2D eigenvalue weighted by Gasteiger charge is 2.10. The smallest absolute Gasteiger partial charge is 0.213 e. The molecular formula is C17H16N2O2. The molecule has 0 radical (unpaired) electrons. The standard InChI is InChI=1S/C17H16N2O2/c1-19-11-14(12-20)17-13(5-4-6-15(17)19)8-10-21-16-7-2-3-9-18-16/h2-7,9,11-12H,8,10H2,1H3. The Kier molecular flexibility index (Phi) is 3.69. The van der Waals surface area contributed by atoms with Crippen LogP contribution in [0.3, 0.4) is 0 Å². The zero-order valence-corrected chi connectivity index (χ0v) is 11.8. The second-order valence-electron chi connectivity index (χ2n) is 4.89. The average molecular weight is 280 g/mol. The van der Waals surface area contributed by atoms with E-state index in [4.69, 9.17) is 4.74 Å². The number of ether oxygens (including phenoxy) is 1. The fourth-order valence-electron chi connectivity index (χ4n) is 2.55. The van der Waals surface area contributed by atoms with Crippen LogP contribution in [0.2, 0.25) is 0 Å². The molecule has 3 aromatic rings. The molecule has 0 aliphatic heterocycles. The lowest BCUT2D eigenvalue weighted by Gasteiger charge is -2.07. The summed E-state index contributed by atoms with van der Waals surface area (Å²) in [4.78, 5) is 15.4. The normalized spacial score (nSPS) is 10.7. The maximum Gasteiger partial charge on any atom is 0.213 e. The van der Waals surface area contributed by atoms with E-state index in [2.05, 4.69) is 4.98 Å². The molecule has 0 saturated carbocycles. The number of aryl methyl sites for hydroxylation is 1. The summed E-state index contributed by atoms with van der Waals surface area (Å²) in [7, 11) is 1.95. The van der Waals surface area contributed by atoms with Gasteiger partial charge in [0.1, 0.15) is 0 Å². The number of nitrogens with zero attached hydrogens (tertiary/aromatic N) is 2. The fourth-order valence-corrected chi connectivity index (χ4v) is 2.55. The highest BCUT2D eigenvalue weighted by atomic mass is 16.5. The van der Waals surface area contributed by atoms with Gasteiger partial charge in [0, 0.05) is 48.4 Å². The summed E-state index contributed by atoms with van der Waals surface area (Å²) in [6.45, 7) is 0.531. The molecule has 0 N–H and O–H groups in total. The second kappa shape index (κ2) is 5.79. The Bertz CT molecular complexity index is 763. The number of hydrogen-bond acceptors (Lipinski definition) is 3. The maximum atomic E-state index is 11.2. The van der Waals surface area contributed by atoms with Crippen LogP contribution in [0.25, 0.3) is 10.9 Å². The lowest BCUT2D eigenvalue weighted by atomic mass is 10.0. The van der Waals surface area contributed by atoms with E-state index < -0.39 is 0 Å². The molecule has 106 valence electrons. The Morgan fingerprint density at radius 1 is 1.24 bits per heavy atom. The SMILES string of the molecule is Cn1cc(C=O)c2c(CCOc3ccccn3)cccc21. The summed E-state index contributed by atoms with van der Waals surface area (Å²) >= 11 is 0. The van der Waals surface area contributed by atoms with Gasteiger partial charge in [0.2, 0.25) is 5.88 Å². The molecule has 0 saturated heterocycles. The first kappa shape index (κ1) is 13.4. The van der Waals surface area contributed by atoms with Crippen LogP contribution in [0.5, 0.6) is 5.88 Å². The van der Waals surface area contributed by atoms with Crippen LogP contribution in [0, 0.1) is 0 Å². The van der Waals surface area contributed by atoms with Gasteiger partial charge in [-0.3, -0.25) is 4.79 Å². The molecule has 3 rings (SSSR count). The number of fused-ring (bicyclic) bond motifs is 1. The highest BCUT2D eigenvalue weighted by Crippen LogP contribution is 2.24. The van der Waals surface area contributed by atoms with E-state index in [-0.39, 0.29) is 0 Å². The molecule has 2 aromatic heterocycles. The molecular weight excluding hydrogens is 264 g/mol. The number of pyridine rings is 1. The van der Waals surface area contributed by atoms with Crippen LogP contribution in [-0.2, 0) is 13.5 Å². The number of aldehydes is 1. The van der Waals surface area contributed by atoms with Crippen molar-refractivity contribution in [1.82, 2.24) is 9.55 Å². The minimum absolute atomic E-state index is 0.531. The van der Waals surface area contributed by atoms with Gasteiger partial charge in [-0.2, -0.15) is 0 Å². The number of hydrogen-bond donors (Lipinski definition) is 0. The first-order chi connectivity index (χ1) is 10.3. The van der Waals surface area contributed by atoms with Crippen LogP contribution >= 0.6 is 0 Å². The van der Waals surface area contributed by atoms with Crippen molar-refractivity contribution in [3.8, 4) is 5.88 Å². The number of aromatic nitrogens is 2. The molecule has 0 spiro atoms. The first-order valence-corrected chi connectivity index (χ1v) is 6.85. The lowest BCUT2D eigenvalue weighted by molar-refractivity contribution is 0.112. The predicted octanol–water partition coefficient (Wildman–Crippen LogP) is 3.01. The van der Waals surface area contributed by atoms with E-state index in [9.17, 15) is 4.79 Å². The topological polar surface area (TPSA) is 44.1 Å². The van der Waals surface area contributed by atoms with Crippen LogP contribution in [0.15, 0.2) is 48.8 Å². The summed E-state index contributed by atoms with van der Waals surface area (Å²) in [5.41, 5.74) is 2.90. The molecule has 21 heavy (non-hydrogen) atoms. The van der Waals surface area contributed by atoms with Gasteiger partial charge in [-0.1, -0.05) is 18.2 Å². The van der Waals surface area contributed by atoms with Gasteiger partial charge in [-0.15, -0.1) is 0 Å². The Morgan fingerprint density at radius 2 is 2.14 bits per heavy atom. The molecule has 0 aliphatic carbocycles. The Hall–Kier alpha value is -2.62. The van der Waals surface area contributed by atoms with E-state index in [1.807, 2.05) is 54.2 Å². The predicted molar refractivity (Wildman–Crippen MR) is 81.7 cm³/mol. The van der Waals surface area contributed by atoms with Gasteiger partial charge >= 0.3 is 0 Å². The number of benzene rings is 1. The molecule has 1 aromatic carbocycles. The third-order valence-electron chi connectivity index (χ3n) is 3.52. The van der Waals surface area contributed by atoms with Crippen molar-refractivity contribution >= 4 is 17.2 Å². The van der Waals surface area contributed by atoms with Crippen molar-refractivity contribution in [3.63, 3.8) is 0 Å². The van der Waals surface area contributed by atoms with Crippen molar-refractivity contribution in [2.24, 2.45) is 7.05 Å². The summed E-state index contributed by atoms with van der Waals surface area (Å²) in [6.07, 6.45) is 5.21. The first-order valence-electron chi connectivity index (χ1n) is 6.85. The van der Waals surface area contributed by atoms with E-state index in [0.717, 1.165) is 34.7 Å². The molecule has 2 heterocycles. The molecule has 0 bridgehead atoms. The van der Waals surface area contributed by atoms with Crippen molar-refractivity contribution in [1.29, 1.82) is 0 Å². The van der Waals surface area contributed by atoms with Crippen molar-refractivity contribution < 1.29 is 9.53 Å². The molecule has 0 fully saturated rings. The largest absolute Gasteiger partial charge is 0.477 e. The molecule has 0 unspecified atom stereocenters. The van der Waals surface area contributed by atoms with Crippen LogP contribution in [0.4, 0.5) is 0 Å². The molecule has 0 aliphatic rings. The van der Waals surface area contributed by atoms with Crippen molar-refractivity contribution in [3.05, 3.63) is 59.9 Å². The average Bonchev–Trinajstić information content (AvgIpc) is 2.86. The van der Waals surface area contributed by atoms with E-state index in [0.29, 0.717) is 12.5 Å². The molecule has 4 heteroatoms. The van der Waals surface area contributed by atoms with Gasteiger partial charge in [-0.25, -0.2) is 4.98 Å². The van der Waals surface area contributed by atoms with Crippen LogP contribution in [-0.4, -0.2) is 22.4 Å². The third kappa shape index (κ3) is 2.65. The van der Waals surface area contributed by atoms with E-state index in [1.165, 1.54) is 0 Å². The Morgan fingerprint density at radius 3 is 2.90 bits per heavy atom. The third-order valence-corrected chi connectivity index (χ3v) is 3.52. The quantitative estimate of drug-likeness (QED) is 0.675. The van der Waals surface area contributed by atoms with E-state index in [1.54, 1.807) is 6.20 Å². The van der Waals surface area contributed by atoms with Gasteiger partial charge in [0.25, 0.3) is 0 Å². The van der Waals surface area contributed by atoms with Gasteiger partial charge < -0.3 is 9.30 Å². The molecule has 0 atom stereocenters. The minimum Gasteiger partial charge on any atom is -0.477 e. The second-order valence-corrected chi connectivity index (χ2v) is 4.89. The Balaban J connectivity index is 1.82. The summed E-state index contributed by atoms with van der Waals surface area (Å²) in [5.74, 6) is 0.619. The maximum absolute atomic E-state index is 11.2.